The molecular formula is C27H48O. The number of rotatable bonds is 6. The first-order valence-electron chi connectivity index (χ1n) is 12.5. The third-order valence-electron chi connectivity index (χ3n) is 9.77. The van der Waals surface area contributed by atoms with Crippen LogP contribution in [0.1, 0.15) is 112 Å². The van der Waals surface area contributed by atoms with Crippen LogP contribution in [0.15, 0.2) is 11.6 Å². The van der Waals surface area contributed by atoms with E-state index in [0.717, 1.165) is 42.4 Å². The van der Waals surface area contributed by atoms with Gasteiger partial charge in [-0.15, -0.1) is 0 Å². The zero-order chi connectivity index (χ0) is 20.5. The van der Waals surface area contributed by atoms with Crippen LogP contribution in [0.3, 0.4) is 0 Å². The van der Waals surface area contributed by atoms with E-state index in [1.165, 1.54) is 57.8 Å². The van der Waals surface area contributed by atoms with Crippen molar-refractivity contribution >= 4 is 0 Å². The van der Waals surface area contributed by atoms with Gasteiger partial charge in [-0.1, -0.05) is 65.5 Å². The smallest absolute Gasteiger partial charge is 0.0577 e. The number of hydrogen-bond acceptors (Lipinski definition) is 1. The lowest BCUT2D eigenvalue weighted by molar-refractivity contribution is -0.00388. The highest BCUT2D eigenvalue weighted by molar-refractivity contribution is 5.19. The second kappa shape index (κ2) is 8.83. The van der Waals surface area contributed by atoms with Gasteiger partial charge in [-0.05, 0) is 98.7 Å². The topological polar surface area (TPSA) is 20.2 Å². The van der Waals surface area contributed by atoms with Crippen molar-refractivity contribution in [3.8, 4) is 0 Å². The summed E-state index contributed by atoms with van der Waals surface area (Å²) in [6.07, 6.45) is 16.8. The van der Waals surface area contributed by atoms with Gasteiger partial charge in [0.15, 0.2) is 0 Å². The molecular weight excluding hydrogens is 340 g/mol. The highest BCUT2D eigenvalue weighted by atomic mass is 16.3. The average Bonchev–Trinajstić information content (AvgIpc) is 2.99. The first-order valence-corrected chi connectivity index (χ1v) is 12.5. The fraction of sp³-hybridized carbons (Fsp3) is 0.926. The van der Waals surface area contributed by atoms with Gasteiger partial charge in [0.1, 0.15) is 0 Å². The van der Waals surface area contributed by atoms with Gasteiger partial charge in [0.25, 0.3) is 0 Å². The van der Waals surface area contributed by atoms with Crippen molar-refractivity contribution < 1.29 is 5.11 Å². The SMILES string of the molecule is CC=C1CC(O)CCC1(C)C1CCC2(C)C(CCC2C(C)CCCC(C)C)C1. The van der Waals surface area contributed by atoms with Gasteiger partial charge in [-0.3, -0.25) is 0 Å². The van der Waals surface area contributed by atoms with Crippen molar-refractivity contribution in [1.29, 1.82) is 0 Å². The fourth-order valence-electron chi connectivity index (χ4n) is 7.76. The Labute approximate surface area is 175 Å². The Kier molecular flexibility index (Phi) is 7.06. The minimum Gasteiger partial charge on any atom is -0.393 e. The Morgan fingerprint density at radius 2 is 1.75 bits per heavy atom. The van der Waals surface area contributed by atoms with Crippen LogP contribution in [0.5, 0.6) is 0 Å². The second-order valence-corrected chi connectivity index (χ2v) is 11.8. The maximum Gasteiger partial charge on any atom is 0.0577 e. The summed E-state index contributed by atoms with van der Waals surface area (Å²) in [5, 5.41) is 10.2. The van der Waals surface area contributed by atoms with Gasteiger partial charge in [0, 0.05) is 0 Å². The lowest BCUT2D eigenvalue weighted by Gasteiger charge is -2.52. The third kappa shape index (κ3) is 4.26. The molecule has 0 amide bonds. The Balaban J connectivity index is 1.65. The van der Waals surface area contributed by atoms with Gasteiger partial charge >= 0.3 is 0 Å². The molecule has 28 heavy (non-hydrogen) atoms. The summed E-state index contributed by atoms with van der Waals surface area (Å²) in [6.45, 7) is 14.7. The molecule has 0 aliphatic heterocycles. The molecule has 162 valence electrons. The molecule has 0 spiro atoms. The van der Waals surface area contributed by atoms with Crippen LogP contribution in [0.2, 0.25) is 0 Å². The molecule has 0 heterocycles. The number of aliphatic hydroxyl groups excluding tert-OH is 1. The molecule has 1 nitrogen and oxygen atoms in total. The molecule has 1 N–H and O–H groups in total. The predicted octanol–water partition coefficient (Wildman–Crippen LogP) is 7.78. The van der Waals surface area contributed by atoms with Crippen LogP contribution < -0.4 is 0 Å². The molecule has 3 saturated carbocycles. The summed E-state index contributed by atoms with van der Waals surface area (Å²) < 4.78 is 0. The average molecular weight is 389 g/mol. The Hall–Kier alpha value is -0.300. The highest BCUT2D eigenvalue weighted by Gasteiger charge is 2.53. The van der Waals surface area contributed by atoms with Crippen molar-refractivity contribution in [2.75, 3.05) is 0 Å². The molecule has 7 unspecified atom stereocenters. The van der Waals surface area contributed by atoms with Crippen LogP contribution in [-0.2, 0) is 0 Å². The molecule has 3 aliphatic carbocycles. The summed E-state index contributed by atoms with van der Waals surface area (Å²) in [5.74, 6) is 4.47. The Morgan fingerprint density at radius 1 is 1.00 bits per heavy atom. The quantitative estimate of drug-likeness (QED) is 0.460. The standard InChI is InChI=1S/C27H48O/c1-7-21-18-24(28)14-16-26(21,5)23-13-15-27(6)22(17-23)11-12-25(27)20(4)10-8-9-19(2)3/h7,19-20,22-25,28H,8-18H2,1-6H3. The molecule has 7 atom stereocenters. The van der Waals surface area contributed by atoms with E-state index in [0.29, 0.717) is 10.8 Å². The summed E-state index contributed by atoms with van der Waals surface area (Å²) in [7, 11) is 0. The largest absolute Gasteiger partial charge is 0.393 e. The van der Waals surface area contributed by atoms with Crippen LogP contribution in [0, 0.1) is 40.4 Å². The van der Waals surface area contributed by atoms with Crippen molar-refractivity contribution in [3.63, 3.8) is 0 Å². The number of hydrogen-bond donors (Lipinski definition) is 1. The Bertz CT molecular complexity index is 548. The molecule has 0 aromatic carbocycles. The van der Waals surface area contributed by atoms with Crippen molar-refractivity contribution in [1.82, 2.24) is 0 Å². The molecule has 0 aromatic heterocycles. The maximum absolute atomic E-state index is 10.2. The zero-order valence-electron chi connectivity index (χ0n) is 19.8. The van der Waals surface area contributed by atoms with Crippen molar-refractivity contribution in [2.24, 2.45) is 40.4 Å². The summed E-state index contributed by atoms with van der Waals surface area (Å²) in [4.78, 5) is 0. The monoisotopic (exact) mass is 388 g/mol. The van der Waals surface area contributed by atoms with Gasteiger partial charge in [-0.25, -0.2) is 0 Å². The minimum absolute atomic E-state index is 0.101. The normalized spacial score (nSPS) is 44.1. The number of aliphatic hydroxyl groups is 1. The van der Waals surface area contributed by atoms with E-state index in [-0.39, 0.29) is 6.10 Å². The van der Waals surface area contributed by atoms with Crippen molar-refractivity contribution in [2.45, 2.75) is 118 Å². The summed E-state index contributed by atoms with van der Waals surface area (Å²) >= 11 is 0. The summed E-state index contributed by atoms with van der Waals surface area (Å²) in [5.41, 5.74) is 2.49. The molecule has 3 rings (SSSR count). The zero-order valence-corrected chi connectivity index (χ0v) is 19.8. The molecule has 0 bridgehead atoms. The molecule has 0 saturated heterocycles. The first kappa shape index (κ1) is 22.4. The van der Waals surface area contributed by atoms with Crippen LogP contribution in [0.25, 0.3) is 0 Å². The number of allylic oxidation sites excluding steroid dienone is 1. The van der Waals surface area contributed by atoms with Gasteiger partial charge in [0.05, 0.1) is 6.10 Å². The minimum atomic E-state index is -0.101. The fourth-order valence-corrected chi connectivity index (χ4v) is 7.76. The second-order valence-electron chi connectivity index (χ2n) is 11.8. The lowest BCUT2D eigenvalue weighted by atomic mass is 9.53. The lowest BCUT2D eigenvalue weighted by Crippen LogP contribution is -2.44. The van der Waals surface area contributed by atoms with Crippen LogP contribution >= 0.6 is 0 Å². The van der Waals surface area contributed by atoms with E-state index in [9.17, 15) is 5.11 Å². The predicted molar refractivity (Wildman–Crippen MR) is 121 cm³/mol. The first-order chi connectivity index (χ1) is 13.2. The highest BCUT2D eigenvalue weighted by Crippen LogP contribution is 2.63. The number of fused-ring (bicyclic) bond motifs is 1. The van der Waals surface area contributed by atoms with Crippen LogP contribution in [-0.4, -0.2) is 11.2 Å². The van der Waals surface area contributed by atoms with E-state index in [2.05, 4.69) is 47.6 Å². The molecule has 3 fully saturated rings. The van der Waals surface area contributed by atoms with Gasteiger partial charge in [-0.2, -0.15) is 0 Å². The van der Waals surface area contributed by atoms with E-state index in [1.54, 1.807) is 5.57 Å². The van der Waals surface area contributed by atoms with E-state index < -0.39 is 0 Å². The molecule has 1 heteroatoms. The van der Waals surface area contributed by atoms with E-state index in [4.69, 9.17) is 0 Å². The van der Waals surface area contributed by atoms with E-state index >= 15 is 0 Å². The Morgan fingerprint density at radius 3 is 2.43 bits per heavy atom. The molecule has 0 radical (unpaired) electrons. The molecule has 3 aliphatic rings. The van der Waals surface area contributed by atoms with Gasteiger partial charge in [0.2, 0.25) is 0 Å². The van der Waals surface area contributed by atoms with Gasteiger partial charge < -0.3 is 5.11 Å². The van der Waals surface area contributed by atoms with Crippen molar-refractivity contribution in [3.05, 3.63) is 11.6 Å². The van der Waals surface area contributed by atoms with Crippen LogP contribution in [0.4, 0.5) is 0 Å². The maximum atomic E-state index is 10.2. The molecule has 0 aromatic rings. The third-order valence-corrected chi connectivity index (χ3v) is 9.77. The summed E-state index contributed by atoms with van der Waals surface area (Å²) in [6, 6.07) is 0. The van der Waals surface area contributed by atoms with E-state index in [1.807, 2.05) is 0 Å².